The first-order chi connectivity index (χ1) is 11.6. The van der Waals surface area contributed by atoms with Crippen LogP contribution < -0.4 is 5.32 Å². The molecule has 0 bridgehead atoms. The SMILES string of the molecule is CN(Cc1cccc(Cl)c1)C(=O)Nc1cnn(CC2CCCO2)c1. The molecule has 0 aliphatic carbocycles. The number of ether oxygens (including phenoxy) is 1. The van der Waals surface area contributed by atoms with Gasteiger partial charge in [0.2, 0.25) is 0 Å². The average Bonchev–Trinajstić information content (AvgIpc) is 3.20. The number of amides is 2. The fraction of sp³-hybridized carbons (Fsp3) is 0.412. The maximum Gasteiger partial charge on any atom is 0.321 e. The van der Waals surface area contributed by atoms with Gasteiger partial charge >= 0.3 is 6.03 Å². The quantitative estimate of drug-likeness (QED) is 0.901. The molecule has 3 rings (SSSR count). The van der Waals surface area contributed by atoms with Gasteiger partial charge < -0.3 is 15.0 Å². The molecule has 0 saturated carbocycles. The van der Waals surface area contributed by atoms with Gasteiger partial charge in [-0.3, -0.25) is 4.68 Å². The lowest BCUT2D eigenvalue weighted by Gasteiger charge is -2.17. The molecular weight excluding hydrogens is 328 g/mol. The van der Waals surface area contributed by atoms with Crippen molar-refractivity contribution in [1.82, 2.24) is 14.7 Å². The van der Waals surface area contributed by atoms with E-state index in [9.17, 15) is 4.79 Å². The van der Waals surface area contributed by atoms with E-state index in [0.717, 1.165) is 25.0 Å². The summed E-state index contributed by atoms with van der Waals surface area (Å²) < 4.78 is 7.40. The van der Waals surface area contributed by atoms with Crippen molar-refractivity contribution in [2.45, 2.75) is 32.0 Å². The minimum absolute atomic E-state index is 0.188. The molecule has 1 aliphatic rings. The molecule has 1 atom stereocenters. The molecule has 2 heterocycles. The summed E-state index contributed by atoms with van der Waals surface area (Å²) in [4.78, 5) is 13.9. The van der Waals surface area contributed by atoms with Crippen molar-refractivity contribution in [3.8, 4) is 0 Å². The van der Waals surface area contributed by atoms with E-state index in [2.05, 4.69) is 10.4 Å². The summed E-state index contributed by atoms with van der Waals surface area (Å²) in [6, 6.07) is 7.29. The fourth-order valence-corrected chi connectivity index (χ4v) is 2.94. The number of benzene rings is 1. The van der Waals surface area contributed by atoms with E-state index in [4.69, 9.17) is 16.3 Å². The molecule has 1 saturated heterocycles. The van der Waals surface area contributed by atoms with Crippen LogP contribution in [-0.4, -0.2) is 40.5 Å². The van der Waals surface area contributed by atoms with E-state index in [1.807, 2.05) is 35.1 Å². The zero-order valence-corrected chi connectivity index (χ0v) is 14.4. The zero-order chi connectivity index (χ0) is 16.9. The van der Waals surface area contributed by atoms with Crippen LogP contribution in [0.15, 0.2) is 36.7 Å². The lowest BCUT2D eigenvalue weighted by molar-refractivity contribution is 0.0940. The summed E-state index contributed by atoms with van der Waals surface area (Å²) >= 11 is 5.97. The predicted octanol–water partition coefficient (Wildman–Crippen LogP) is 3.38. The van der Waals surface area contributed by atoms with Crippen LogP contribution in [0.1, 0.15) is 18.4 Å². The number of carbonyl (C=O) groups is 1. The van der Waals surface area contributed by atoms with Gasteiger partial charge in [0.05, 0.1) is 24.5 Å². The van der Waals surface area contributed by atoms with Crippen molar-refractivity contribution < 1.29 is 9.53 Å². The van der Waals surface area contributed by atoms with Crippen molar-refractivity contribution in [3.63, 3.8) is 0 Å². The second kappa shape index (κ2) is 7.68. The lowest BCUT2D eigenvalue weighted by atomic mass is 10.2. The first kappa shape index (κ1) is 16.8. The van der Waals surface area contributed by atoms with Crippen molar-refractivity contribution in [3.05, 3.63) is 47.2 Å². The number of hydrogen-bond donors (Lipinski definition) is 1. The largest absolute Gasteiger partial charge is 0.376 e. The van der Waals surface area contributed by atoms with E-state index in [0.29, 0.717) is 23.8 Å². The monoisotopic (exact) mass is 348 g/mol. The molecule has 128 valence electrons. The minimum Gasteiger partial charge on any atom is -0.376 e. The average molecular weight is 349 g/mol. The van der Waals surface area contributed by atoms with Crippen molar-refractivity contribution in [2.24, 2.45) is 0 Å². The number of carbonyl (C=O) groups excluding carboxylic acids is 1. The summed E-state index contributed by atoms with van der Waals surface area (Å²) in [5, 5.41) is 7.79. The molecule has 24 heavy (non-hydrogen) atoms. The molecule has 0 spiro atoms. The van der Waals surface area contributed by atoms with Crippen LogP contribution in [0, 0.1) is 0 Å². The Morgan fingerprint density at radius 3 is 3.17 bits per heavy atom. The summed E-state index contributed by atoms with van der Waals surface area (Å²) in [7, 11) is 1.74. The molecule has 1 N–H and O–H groups in total. The third-order valence-corrected chi connectivity index (χ3v) is 4.19. The zero-order valence-electron chi connectivity index (χ0n) is 13.6. The van der Waals surface area contributed by atoms with Gasteiger partial charge in [-0.05, 0) is 30.5 Å². The van der Waals surface area contributed by atoms with Gasteiger partial charge in [-0.1, -0.05) is 23.7 Å². The van der Waals surface area contributed by atoms with E-state index >= 15 is 0 Å². The number of halogens is 1. The van der Waals surface area contributed by atoms with E-state index in [1.54, 1.807) is 18.1 Å². The molecule has 1 aromatic heterocycles. The number of urea groups is 1. The first-order valence-electron chi connectivity index (χ1n) is 8.01. The van der Waals surface area contributed by atoms with Crippen LogP contribution in [-0.2, 0) is 17.8 Å². The Hall–Kier alpha value is -2.05. The topological polar surface area (TPSA) is 59.4 Å². The molecule has 1 fully saturated rings. The Morgan fingerprint density at radius 1 is 1.54 bits per heavy atom. The van der Waals surface area contributed by atoms with Crippen LogP contribution in [0.5, 0.6) is 0 Å². The van der Waals surface area contributed by atoms with Crippen molar-refractivity contribution in [1.29, 1.82) is 0 Å². The molecule has 2 amide bonds. The molecule has 1 unspecified atom stereocenters. The number of anilines is 1. The van der Waals surface area contributed by atoms with Crippen LogP contribution in [0.25, 0.3) is 0 Å². The molecule has 0 radical (unpaired) electrons. The summed E-state index contributed by atoms with van der Waals surface area (Å²) in [5.74, 6) is 0. The van der Waals surface area contributed by atoms with Gasteiger partial charge in [-0.15, -0.1) is 0 Å². The van der Waals surface area contributed by atoms with Gasteiger partial charge in [0.15, 0.2) is 0 Å². The highest BCUT2D eigenvalue weighted by Crippen LogP contribution is 2.16. The van der Waals surface area contributed by atoms with Gasteiger partial charge in [-0.25, -0.2) is 4.79 Å². The van der Waals surface area contributed by atoms with Crippen molar-refractivity contribution in [2.75, 3.05) is 19.0 Å². The van der Waals surface area contributed by atoms with E-state index in [1.165, 1.54) is 0 Å². The van der Waals surface area contributed by atoms with Gasteiger partial charge in [0, 0.05) is 31.4 Å². The molecule has 1 aliphatic heterocycles. The Morgan fingerprint density at radius 2 is 2.42 bits per heavy atom. The Kier molecular flexibility index (Phi) is 5.37. The van der Waals surface area contributed by atoms with Crippen molar-refractivity contribution >= 4 is 23.3 Å². The molecule has 6 nitrogen and oxygen atoms in total. The Bertz CT molecular complexity index is 697. The maximum absolute atomic E-state index is 12.3. The highest BCUT2D eigenvalue weighted by atomic mass is 35.5. The summed E-state index contributed by atoms with van der Waals surface area (Å²) in [6.07, 6.45) is 5.86. The smallest absolute Gasteiger partial charge is 0.321 e. The maximum atomic E-state index is 12.3. The second-order valence-corrected chi connectivity index (χ2v) is 6.44. The van der Waals surface area contributed by atoms with E-state index < -0.39 is 0 Å². The second-order valence-electron chi connectivity index (χ2n) is 6.00. The van der Waals surface area contributed by atoms with Gasteiger partial charge in [0.25, 0.3) is 0 Å². The van der Waals surface area contributed by atoms with Gasteiger partial charge in [-0.2, -0.15) is 5.10 Å². The molecule has 1 aromatic carbocycles. The minimum atomic E-state index is -0.188. The number of rotatable bonds is 5. The highest BCUT2D eigenvalue weighted by molar-refractivity contribution is 6.30. The lowest BCUT2D eigenvalue weighted by Crippen LogP contribution is -2.30. The Balaban J connectivity index is 1.53. The number of aromatic nitrogens is 2. The number of nitrogens with one attached hydrogen (secondary N) is 1. The molecule has 2 aromatic rings. The Labute approximate surface area is 146 Å². The molecule has 7 heteroatoms. The third-order valence-electron chi connectivity index (χ3n) is 3.95. The van der Waals surface area contributed by atoms with E-state index in [-0.39, 0.29) is 12.1 Å². The van der Waals surface area contributed by atoms with Crippen LogP contribution in [0.4, 0.5) is 10.5 Å². The standard InChI is InChI=1S/C17H21ClN4O2/c1-21(10-13-4-2-5-14(18)8-13)17(23)20-15-9-19-22(11-15)12-16-6-3-7-24-16/h2,4-5,8-9,11,16H,3,6-7,10,12H2,1H3,(H,20,23). The fourth-order valence-electron chi connectivity index (χ4n) is 2.72. The predicted molar refractivity (Wildman–Crippen MR) is 93.1 cm³/mol. The summed E-state index contributed by atoms with van der Waals surface area (Å²) in [6.45, 7) is 2.02. The summed E-state index contributed by atoms with van der Waals surface area (Å²) in [5.41, 5.74) is 1.66. The first-order valence-corrected chi connectivity index (χ1v) is 8.38. The number of hydrogen-bond acceptors (Lipinski definition) is 3. The van der Waals surface area contributed by atoms with Crippen LogP contribution in [0.2, 0.25) is 5.02 Å². The number of nitrogens with zero attached hydrogens (tertiary/aromatic N) is 3. The highest BCUT2D eigenvalue weighted by Gasteiger charge is 2.17. The molecular formula is C17H21ClN4O2. The van der Waals surface area contributed by atoms with Crippen LogP contribution >= 0.6 is 11.6 Å². The van der Waals surface area contributed by atoms with Crippen LogP contribution in [0.3, 0.4) is 0 Å². The third kappa shape index (κ3) is 4.49. The van der Waals surface area contributed by atoms with Gasteiger partial charge in [0.1, 0.15) is 0 Å². The normalized spacial score (nSPS) is 17.0.